The van der Waals surface area contributed by atoms with Gasteiger partial charge in [0.15, 0.2) is 6.61 Å². The van der Waals surface area contributed by atoms with Gasteiger partial charge < -0.3 is 39.5 Å². The number of unbranched alkanes of at least 4 members (excludes halogenated alkanes) is 1. The molecule has 0 spiro atoms. The van der Waals surface area contributed by atoms with Crippen LogP contribution in [0.25, 0.3) is 10.8 Å². The summed E-state index contributed by atoms with van der Waals surface area (Å²) >= 11 is 0. The van der Waals surface area contributed by atoms with E-state index >= 15 is 0 Å². The molecular formula is C41H57N5O9. The van der Waals surface area contributed by atoms with Gasteiger partial charge in [0.25, 0.3) is 11.8 Å². The molecule has 3 aliphatic rings. The Morgan fingerprint density at radius 1 is 0.909 bits per heavy atom. The van der Waals surface area contributed by atoms with Crippen LogP contribution in [0.1, 0.15) is 101 Å². The maximum Gasteiger partial charge on any atom is 0.409 e. The van der Waals surface area contributed by atoms with Crippen molar-refractivity contribution >= 4 is 46.5 Å². The molecule has 2 atom stereocenters. The van der Waals surface area contributed by atoms with Gasteiger partial charge in [-0.25, -0.2) is 4.79 Å². The zero-order valence-corrected chi connectivity index (χ0v) is 32.9. The van der Waals surface area contributed by atoms with Gasteiger partial charge in [0, 0.05) is 56.1 Å². The largest absolute Gasteiger partial charge is 0.483 e. The van der Waals surface area contributed by atoms with Crippen LogP contribution in [0.2, 0.25) is 0 Å². The number of nitrogens with zero attached hydrogens (tertiary/aromatic N) is 3. The summed E-state index contributed by atoms with van der Waals surface area (Å²) in [7, 11) is 0. The number of ether oxygens (including phenoxy) is 3. The third kappa shape index (κ3) is 11.3. The average Bonchev–Trinajstić information content (AvgIpc) is 3.63. The van der Waals surface area contributed by atoms with Crippen LogP contribution >= 0.6 is 0 Å². The van der Waals surface area contributed by atoms with E-state index in [1.54, 1.807) is 47.6 Å². The maximum atomic E-state index is 14.0. The quantitative estimate of drug-likeness (QED) is 0.209. The van der Waals surface area contributed by atoms with Crippen molar-refractivity contribution in [2.75, 3.05) is 45.9 Å². The van der Waals surface area contributed by atoms with Crippen molar-refractivity contribution in [3.63, 3.8) is 0 Å². The number of piperazine rings is 1. The number of rotatable bonds is 14. The lowest BCUT2D eigenvalue weighted by Gasteiger charge is -2.36. The normalized spacial score (nSPS) is 18.0. The number of benzene rings is 2. The monoisotopic (exact) mass is 763 g/mol. The minimum absolute atomic E-state index is 0.00532. The van der Waals surface area contributed by atoms with E-state index in [1.165, 1.54) is 0 Å². The predicted molar refractivity (Wildman–Crippen MR) is 205 cm³/mol. The third-order valence-electron chi connectivity index (χ3n) is 10.2. The van der Waals surface area contributed by atoms with Crippen LogP contribution in [0.4, 0.5) is 4.79 Å². The van der Waals surface area contributed by atoms with Crippen LogP contribution in [0.15, 0.2) is 30.3 Å². The summed E-state index contributed by atoms with van der Waals surface area (Å²) in [5.74, 6) is -1.57. The molecule has 0 aromatic heterocycles. The molecule has 55 heavy (non-hydrogen) atoms. The topological polar surface area (TPSA) is 164 Å². The third-order valence-corrected chi connectivity index (χ3v) is 10.2. The highest BCUT2D eigenvalue weighted by atomic mass is 16.6. The summed E-state index contributed by atoms with van der Waals surface area (Å²) < 4.78 is 16.9. The van der Waals surface area contributed by atoms with Crippen molar-refractivity contribution < 1.29 is 43.0 Å². The first kappa shape index (κ1) is 41.3. The zero-order chi connectivity index (χ0) is 39.7. The van der Waals surface area contributed by atoms with E-state index < -0.39 is 35.7 Å². The van der Waals surface area contributed by atoms with Gasteiger partial charge >= 0.3 is 12.1 Å². The highest BCUT2D eigenvalue weighted by Crippen LogP contribution is 2.30. The van der Waals surface area contributed by atoms with Gasteiger partial charge in [0.05, 0.1) is 6.61 Å². The van der Waals surface area contributed by atoms with E-state index in [9.17, 15) is 28.8 Å². The van der Waals surface area contributed by atoms with Crippen molar-refractivity contribution in [3.05, 3.63) is 41.5 Å². The van der Waals surface area contributed by atoms with Gasteiger partial charge in [-0.05, 0) is 90.2 Å². The smallest absolute Gasteiger partial charge is 0.409 e. The number of aryl methyl sites for hydroxylation is 1. The molecule has 300 valence electrons. The van der Waals surface area contributed by atoms with Crippen LogP contribution in [0, 0.1) is 6.92 Å². The Hall–Kier alpha value is -4.88. The summed E-state index contributed by atoms with van der Waals surface area (Å²) in [6.45, 7) is 10.7. The van der Waals surface area contributed by atoms with Crippen LogP contribution in [-0.2, 0) is 28.7 Å². The zero-order valence-electron chi connectivity index (χ0n) is 32.9. The lowest BCUT2D eigenvalue weighted by Crippen LogP contribution is -2.56. The van der Waals surface area contributed by atoms with Gasteiger partial charge in [-0.3, -0.25) is 24.0 Å². The molecule has 3 fully saturated rings. The number of amides is 5. The van der Waals surface area contributed by atoms with Gasteiger partial charge in [0.1, 0.15) is 23.4 Å². The maximum absolute atomic E-state index is 14.0. The molecule has 0 bridgehead atoms. The van der Waals surface area contributed by atoms with Gasteiger partial charge in [-0.1, -0.05) is 37.1 Å². The molecule has 1 saturated carbocycles. The number of carbonyl (C=O) groups excluding carboxylic acids is 6. The fraction of sp³-hybridized carbons (Fsp3) is 0.610. The minimum atomic E-state index is -1.07. The molecule has 2 N–H and O–H groups in total. The molecule has 0 radical (unpaired) electrons. The number of nitrogens with one attached hydrogen (secondary N) is 2. The number of hydrogen-bond acceptors (Lipinski definition) is 9. The molecule has 5 amide bonds. The highest BCUT2D eigenvalue weighted by Gasteiger charge is 2.36. The Labute approximate surface area is 323 Å². The van der Waals surface area contributed by atoms with E-state index in [1.807, 2.05) is 32.0 Å². The van der Waals surface area contributed by atoms with Crippen LogP contribution in [-0.4, -0.2) is 120 Å². The lowest BCUT2D eigenvalue weighted by atomic mass is 9.93. The first-order chi connectivity index (χ1) is 26.2. The van der Waals surface area contributed by atoms with Crippen molar-refractivity contribution in [2.24, 2.45) is 0 Å². The molecule has 14 heteroatoms. The standard InChI is InChI=1S/C41H57N5O9/c1-6-7-22-53-40(52)45-20-18-44(19-21-45)39(51)32(15-16-36(48)55-41(3,4)5)43-37(49)29-24-28-23-27(2)13-14-31(28)34(25-29)54-26-35(47)46-17-9-12-33(46)38(50)42-30-10-8-11-30/h13-14,23-25,30,32-33H,6-12,15-22,26H2,1-5H3,(H,42,50)(H,43,49). The molecule has 2 aromatic carbocycles. The summed E-state index contributed by atoms with van der Waals surface area (Å²) in [5, 5.41) is 7.31. The Morgan fingerprint density at radius 3 is 2.31 bits per heavy atom. The minimum Gasteiger partial charge on any atom is -0.483 e. The summed E-state index contributed by atoms with van der Waals surface area (Å²) in [4.78, 5) is 84.3. The molecule has 2 unspecified atom stereocenters. The second-order valence-corrected chi connectivity index (χ2v) is 15.8. The molecular weight excluding hydrogens is 706 g/mol. The first-order valence-electron chi connectivity index (χ1n) is 19.7. The number of likely N-dealkylation sites (tertiary alicyclic amines) is 1. The number of hydrogen-bond donors (Lipinski definition) is 2. The summed E-state index contributed by atoms with van der Waals surface area (Å²) in [6, 6.07) is 7.49. The van der Waals surface area contributed by atoms with Gasteiger partial charge in [-0.2, -0.15) is 0 Å². The van der Waals surface area contributed by atoms with Crippen molar-refractivity contribution in [3.8, 4) is 5.75 Å². The molecule has 2 heterocycles. The molecule has 1 aliphatic carbocycles. The van der Waals surface area contributed by atoms with Crippen LogP contribution < -0.4 is 15.4 Å². The van der Waals surface area contributed by atoms with E-state index in [2.05, 4.69) is 10.6 Å². The fourth-order valence-corrected chi connectivity index (χ4v) is 6.99. The SMILES string of the molecule is CCCCOC(=O)N1CCN(C(=O)C(CCC(=O)OC(C)(C)C)NC(=O)c2cc(OCC(=O)N3CCCC3C(=O)NC3CCC3)c3ccc(C)cc3c2)CC1. The molecule has 14 nitrogen and oxygen atoms in total. The van der Waals surface area contributed by atoms with Gasteiger partial charge in [0.2, 0.25) is 11.8 Å². The predicted octanol–water partition coefficient (Wildman–Crippen LogP) is 4.49. The summed E-state index contributed by atoms with van der Waals surface area (Å²) in [5.41, 5.74) is 0.429. The van der Waals surface area contributed by atoms with E-state index in [-0.39, 0.29) is 75.0 Å². The summed E-state index contributed by atoms with van der Waals surface area (Å²) in [6.07, 6.45) is 5.46. The van der Waals surface area contributed by atoms with Gasteiger partial charge in [-0.15, -0.1) is 0 Å². The Balaban J connectivity index is 1.30. The van der Waals surface area contributed by atoms with Crippen LogP contribution in [0.3, 0.4) is 0 Å². The molecule has 2 aromatic rings. The molecule has 2 saturated heterocycles. The highest BCUT2D eigenvalue weighted by molar-refractivity contribution is 6.03. The number of fused-ring (bicyclic) bond motifs is 1. The fourth-order valence-electron chi connectivity index (χ4n) is 6.99. The Morgan fingerprint density at radius 2 is 1.64 bits per heavy atom. The first-order valence-corrected chi connectivity index (χ1v) is 19.7. The van der Waals surface area contributed by atoms with Crippen molar-refractivity contribution in [1.29, 1.82) is 0 Å². The van der Waals surface area contributed by atoms with E-state index in [0.29, 0.717) is 36.1 Å². The molecule has 5 rings (SSSR count). The Bertz CT molecular complexity index is 1730. The average molecular weight is 764 g/mol. The number of carbonyl (C=O) groups is 6. The second-order valence-electron chi connectivity index (χ2n) is 15.8. The lowest BCUT2D eigenvalue weighted by molar-refractivity contribution is -0.155. The Kier molecular flexibility index (Phi) is 14.0. The molecule has 2 aliphatic heterocycles. The number of esters is 1. The second kappa shape index (κ2) is 18.6. The van der Waals surface area contributed by atoms with Crippen LogP contribution in [0.5, 0.6) is 5.75 Å². The van der Waals surface area contributed by atoms with Crippen molar-refractivity contribution in [2.45, 2.75) is 116 Å². The van der Waals surface area contributed by atoms with E-state index in [0.717, 1.165) is 44.1 Å². The van der Waals surface area contributed by atoms with E-state index in [4.69, 9.17) is 14.2 Å². The van der Waals surface area contributed by atoms with Crippen molar-refractivity contribution in [1.82, 2.24) is 25.3 Å².